The normalized spacial score (nSPS) is 13.1. The largest absolute Gasteiger partial charge is 0.503 e. The van der Waals surface area contributed by atoms with Crippen LogP contribution >= 0.6 is 0 Å². The van der Waals surface area contributed by atoms with Gasteiger partial charge in [0, 0.05) is 23.9 Å². The van der Waals surface area contributed by atoms with Crippen LogP contribution in [0.2, 0.25) is 0 Å². The Kier molecular flexibility index (Phi) is 9.26. The predicted molar refractivity (Wildman–Crippen MR) is 132 cm³/mol. The van der Waals surface area contributed by atoms with Crippen LogP contribution in [-0.4, -0.2) is 47.8 Å². The van der Waals surface area contributed by atoms with E-state index in [0.717, 1.165) is 0 Å². The maximum Gasteiger partial charge on any atom is 0.328 e. The first-order valence-electron chi connectivity index (χ1n) is 11.6. The Hall–Kier alpha value is -4.34. The quantitative estimate of drug-likeness (QED) is 0.367. The van der Waals surface area contributed by atoms with E-state index in [1.807, 2.05) is 6.07 Å². The molecule has 37 heavy (non-hydrogen) atoms. The number of aromatic nitrogens is 1. The molecule has 0 aliphatic heterocycles. The number of pyridine rings is 1. The van der Waals surface area contributed by atoms with Crippen LogP contribution in [0.25, 0.3) is 0 Å². The van der Waals surface area contributed by atoms with E-state index in [1.54, 1.807) is 38.1 Å². The molecule has 196 valence electrons. The Morgan fingerprint density at radius 2 is 1.81 bits per heavy atom. The molecule has 2 N–H and O–H groups in total. The summed E-state index contributed by atoms with van der Waals surface area (Å²) in [4.78, 5) is 29.3. The molecule has 10 heteroatoms. The lowest BCUT2D eigenvalue weighted by Crippen LogP contribution is -2.42. The number of nitrogens with zero attached hydrogens (tertiary/aromatic N) is 1. The fourth-order valence-corrected chi connectivity index (χ4v) is 3.52. The maximum atomic E-state index is 13.9. The average molecular weight is 513 g/mol. The van der Waals surface area contributed by atoms with Crippen LogP contribution in [0.15, 0.2) is 60.8 Å². The van der Waals surface area contributed by atoms with Crippen molar-refractivity contribution in [1.29, 1.82) is 0 Å². The first kappa shape index (κ1) is 27.3. The minimum Gasteiger partial charge on any atom is -0.503 e. The third-order valence-electron chi connectivity index (χ3n) is 5.34. The van der Waals surface area contributed by atoms with E-state index in [0.29, 0.717) is 11.3 Å². The van der Waals surface area contributed by atoms with E-state index in [9.17, 15) is 19.1 Å². The van der Waals surface area contributed by atoms with Gasteiger partial charge in [-0.3, -0.25) is 4.79 Å². The van der Waals surface area contributed by atoms with Crippen molar-refractivity contribution in [2.45, 2.75) is 39.0 Å². The molecule has 0 spiro atoms. The van der Waals surface area contributed by atoms with Crippen molar-refractivity contribution in [2.24, 2.45) is 0 Å². The molecule has 0 saturated carbocycles. The number of benzene rings is 2. The molecule has 3 rings (SSSR count). The first-order valence-corrected chi connectivity index (χ1v) is 11.6. The van der Waals surface area contributed by atoms with Gasteiger partial charge >= 0.3 is 5.97 Å². The molecule has 0 radical (unpaired) electrons. The van der Waals surface area contributed by atoms with Gasteiger partial charge < -0.3 is 29.4 Å². The van der Waals surface area contributed by atoms with Crippen molar-refractivity contribution in [3.05, 3.63) is 77.9 Å². The summed E-state index contributed by atoms with van der Waals surface area (Å²) in [6.07, 6.45) is -0.441. The lowest BCUT2D eigenvalue weighted by molar-refractivity contribution is -0.154. The Balaban J connectivity index is 1.79. The molecule has 0 saturated heterocycles. The molecule has 0 unspecified atom stereocenters. The van der Waals surface area contributed by atoms with Crippen molar-refractivity contribution in [3.63, 3.8) is 0 Å². The minimum atomic E-state index is -1.10. The van der Waals surface area contributed by atoms with Crippen LogP contribution in [0, 0.1) is 5.82 Å². The summed E-state index contributed by atoms with van der Waals surface area (Å²) in [5.74, 6) is -1.66. The number of esters is 1. The number of hydrogen-bond donors (Lipinski definition) is 2. The summed E-state index contributed by atoms with van der Waals surface area (Å²) >= 11 is 0. The standard InChI is InChI=1S/C27H29FN2O7/c1-5-35-22-15-18(28)11-12-20(22)25(37-19-9-7-6-8-10-19)17(3)36-27(33)16(2)30-26(32)23-24(31)21(34-4)13-14-29-23/h6-17,25,31H,5H2,1-4H3,(H,30,32)/t16-,17-,25-/m0/s1. The molecular weight excluding hydrogens is 483 g/mol. The van der Waals surface area contributed by atoms with Gasteiger partial charge in [-0.15, -0.1) is 0 Å². The number of carbonyl (C=O) groups excluding carboxylic acids is 2. The molecular formula is C27H29FN2O7. The summed E-state index contributed by atoms with van der Waals surface area (Å²) < 4.78 is 36.3. The second kappa shape index (κ2) is 12.6. The van der Waals surface area contributed by atoms with Crippen LogP contribution in [0.3, 0.4) is 0 Å². The fraction of sp³-hybridized carbons (Fsp3) is 0.296. The maximum absolute atomic E-state index is 13.9. The van der Waals surface area contributed by atoms with Crippen molar-refractivity contribution in [3.8, 4) is 23.0 Å². The molecule has 1 heterocycles. The number of hydrogen-bond acceptors (Lipinski definition) is 8. The number of aromatic hydroxyl groups is 1. The van der Waals surface area contributed by atoms with Gasteiger partial charge in [-0.1, -0.05) is 18.2 Å². The van der Waals surface area contributed by atoms with Crippen molar-refractivity contribution in [2.75, 3.05) is 13.7 Å². The van der Waals surface area contributed by atoms with Crippen LogP contribution in [0.4, 0.5) is 4.39 Å². The number of amides is 1. The zero-order chi connectivity index (χ0) is 26.9. The number of nitrogens with one attached hydrogen (secondary N) is 1. The predicted octanol–water partition coefficient (Wildman–Crippen LogP) is 4.20. The molecule has 0 fully saturated rings. The van der Waals surface area contributed by atoms with Gasteiger partial charge in [-0.2, -0.15) is 0 Å². The zero-order valence-corrected chi connectivity index (χ0v) is 20.9. The number of rotatable bonds is 11. The van der Waals surface area contributed by atoms with E-state index < -0.39 is 41.7 Å². The van der Waals surface area contributed by atoms with E-state index in [2.05, 4.69) is 10.3 Å². The highest BCUT2D eigenvalue weighted by Crippen LogP contribution is 2.34. The molecule has 1 amide bonds. The van der Waals surface area contributed by atoms with Crippen molar-refractivity contribution in [1.82, 2.24) is 10.3 Å². The van der Waals surface area contributed by atoms with Gasteiger partial charge in [-0.25, -0.2) is 14.2 Å². The van der Waals surface area contributed by atoms with Crippen LogP contribution in [0.5, 0.6) is 23.0 Å². The van der Waals surface area contributed by atoms with Crippen LogP contribution in [0.1, 0.15) is 42.9 Å². The number of ether oxygens (including phenoxy) is 4. The topological polar surface area (TPSA) is 116 Å². The molecule has 9 nitrogen and oxygen atoms in total. The number of halogens is 1. The minimum absolute atomic E-state index is 0.0642. The monoisotopic (exact) mass is 512 g/mol. The van der Waals surface area contributed by atoms with Gasteiger partial charge in [0.1, 0.15) is 29.5 Å². The molecule has 3 aromatic rings. The van der Waals surface area contributed by atoms with Gasteiger partial charge in [-0.05, 0) is 45.0 Å². The Bertz CT molecular complexity index is 1220. The third-order valence-corrected chi connectivity index (χ3v) is 5.34. The second-order valence-electron chi connectivity index (χ2n) is 8.01. The summed E-state index contributed by atoms with van der Waals surface area (Å²) in [6, 6.07) is 13.2. The molecule has 0 aliphatic carbocycles. The van der Waals surface area contributed by atoms with E-state index in [4.69, 9.17) is 18.9 Å². The molecule has 0 aliphatic rings. The Labute approximate surface area is 214 Å². The van der Waals surface area contributed by atoms with Gasteiger partial charge in [0.25, 0.3) is 5.91 Å². The van der Waals surface area contributed by atoms with Gasteiger partial charge in [0.2, 0.25) is 0 Å². The summed E-state index contributed by atoms with van der Waals surface area (Å²) in [5.41, 5.74) is 0.180. The Morgan fingerprint density at radius 1 is 1.08 bits per heavy atom. The van der Waals surface area contributed by atoms with E-state index in [1.165, 1.54) is 44.5 Å². The highest BCUT2D eigenvalue weighted by molar-refractivity contribution is 5.97. The van der Waals surface area contributed by atoms with E-state index >= 15 is 0 Å². The lowest BCUT2D eigenvalue weighted by atomic mass is 10.0. The highest BCUT2D eigenvalue weighted by atomic mass is 19.1. The zero-order valence-electron chi connectivity index (χ0n) is 20.9. The average Bonchev–Trinajstić information content (AvgIpc) is 2.88. The smallest absolute Gasteiger partial charge is 0.328 e. The van der Waals surface area contributed by atoms with Crippen LogP contribution < -0.4 is 19.5 Å². The third kappa shape index (κ3) is 6.87. The van der Waals surface area contributed by atoms with Crippen LogP contribution in [-0.2, 0) is 9.53 Å². The molecule has 2 aromatic carbocycles. The molecule has 1 aromatic heterocycles. The number of methoxy groups -OCH3 is 1. The number of carbonyl (C=O) groups is 2. The van der Waals surface area contributed by atoms with Gasteiger partial charge in [0.15, 0.2) is 23.3 Å². The summed E-state index contributed by atoms with van der Waals surface area (Å²) in [7, 11) is 1.34. The van der Waals surface area contributed by atoms with Crippen molar-refractivity contribution < 1.29 is 38.0 Å². The first-order chi connectivity index (χ1) is 17.7. The highest BCUT2D eigenvalue weighted by Gasteiger charge is 2.31. The molecule has 3 atom stereocenters. The SMILES string of the molecule is CCOc1cc(F)ccc1[C@@H](Oc1ccccc1)[C@H](C)OC(=O)[C@H](C)NC(=O)c1nccc(OC)c1O. The van der Waals surface area contributed by atoms with Crippen molar-refractivity contribution >= 4 is 11.9 Å². The summed E-state index contributed by atoms with van der Waals surface area (Å²) in [6.45, 7) is 5.11. The van der Waals surface area contributed by atoms with E-state index in [-0.39, 0.29) is 23.8 Å². The summed E-state index contributed by atoms with van der Waals surface area (Å²) in [5, 5.41) is 12.6. The second-order valence-corrected chi connectivity index (χ2v) is 8.01. The fourth-order valence-electron chi connectivity index (χ4n) is 3.52. The Morgan fingerprint density at radius 3 is 2.49 bits per heavy atom. The number of para-hydroxylation sites is 1. The van der Waals surface area contributed by atoms with Gasteiger partial charge in [0.05, 0.1) is 13.7 Å². The lowest BCUT2D eigenvalue weighted by Gasteiger charge is -2.28. The molecule has 0 bridgehead atoms.